The van der Waals surface area contributed by atoms with Crippen LogP contribution in [-0.4, -0.2) is 38.0 Å². The fourth-order valence-electron chi connectivity index (χ4n) is 2.73. The van der Waals surface area contributed by atoms with Crippen LogP contribution in [-0.2, 0) is 11.3 Å². The van der Waals surface area contributed by atoms with Crippen LogP contribution in [0.15, 0.2) is 28.8 Å². The summed E-state index contributed by atoms with van der Waals surface area (Å²) in [4.78, 5) is 2.11. The average molecular weight is 319 g/mol. The number of halogens is 1. The number of anilines is 1. The zero-order chi connectivity index (χ0) is 16.1. The molecule has 0 spiro atoms. The Hall–Kier alpha value is -1.92. The van der Waals surface area contributed by atoms with Gasteiger partial charge in [0, 0.05) is 25.2 Å². The van der Waals surface area contributed by atoms with E-state index >= 15 is 0 Å². The zero-order valence-corrected chi connectivity index (χ0v) is 13.3. The van der Waals surface area contributed by atoms with Crippen molar-refractivity contribution >= 4 is 5.88 Å². The largest absolute Gasteiger partial charge is 0.378 e. The highest BCUT2D eigenvalue weighted by atomic mass is 19.1. The number of morpholine rings is 1. The minimum Gasteiger partial charge on any atom is -0.378 e. The Bertz CT molecular complexity index is 639. The van der Waals surface area contributed by atoms with Crippen LogP contribution in [0.1, 0.15) is 18.9 Å². The second-order valence-corrected chi connectivity index (χ2v) is 5.57. The predicted octanol–water partition coefficient (Wildman–Crippen LogP) is 2.82. The monoisotopic (exact) mass is 319 g/mol. The Kier molecular flexibility index (Phi) is 5.25. The summed E-state index contributed by atoms with van der Waals surface area (Å²) in [6.45, 7) is 6.45. The first-order valence-electron chi connectivity index (χ1n) is 8.08. The summed E-state index contributed by atoms with van der Waals surface area (Å²) in [6.07, 6.45) is 1.03. The molecule has 0 atom stereocenters. The van der Waals surface area contributed by atoms with Crippen molar-refractivity contribution in [2.75, 3.05) is 37.7 Å². The van der Waals surface area contributed by atoms with E-state index in [1.165, 1.54) is 6.07 Å². The second kappa shape index (κ2) is 7.57. The summed E-state index contributed by atoms with van der Waals surface area (Å²) in [5.41, 5.74) is 1.96. The zero-order valence-electron chi connectivity index (χ0n) is 13.3. The molecule has 0 bridgehead atoms. The maximum Gasteiger partial charge on any atom is 0.232 e. The van der Waals surface area contributed by atoms with Gasteiger partial charge in [0.1, 0.15) is 11.5 Å². The summed E-state index contributed by atoms with van der Waals surface area (Å²) >= 11 is 0. The lowest BCUT2D eigenvalue weighted by atomic mass is 10.1. The molecular weight excluding hydrogens is 297 g/mol. The van der Waals surface area contributed by atoms with Crippen LogP contribution in [0.3, 0.4) is 0 Å². The van der Waals surface area contributed by atoms with Gasteiger partial charge >= 0.3 is 0 Å². The van der Waals surface area contributed by atoms with E-state index in [1.54, 1.807) is 12.1 Å². The summed E-state index contributed by atoms with van der Waals surface area (Å²) in [6, 6.07) is 6.67. The Balaban J connectivity index is 1.95. The lowest BCUT2D eigenvalue weighted by Crippen LogP contribution is -2.36. The summed E-state index contributed by atoms with van der Waals surface area (Å²) in [7, 11) is 0. The van der Waals surface area contributed by atoms with Gasteiger partial charge in [0.2, 0.25) is 5.88 Å². The molecule has 1 aliphatic rings. The smallest absolute Gasteiger partial charge is 0.232 e. The highest BCUT2D eigenvalue weighted by Gasteiger charge is 2.24. The first-order valence-corrected chi connectivity index (χ1v) is 8.08. The molecule has 1 aromatic carbocycles. The van der Waals surface area contributed by atoms with Crippen molar-refractivity contribution in [3.8, 4) is 11.3 Å². The predicted molar refractivity (Wildman–Crippen MR) is 86.9 cm³/mol. The minimum atomic E-state index is -0.286. The maximum atomic E-state index is 14.2. The molecule has 0 amide bonds. The molecule has 1 N–H and O–H groups in total. The number of ether oxygens (including phenoxy) is 1. The van der Waals surface area contributed by atoms with Crippen LogP contribution in [0.2, 0.25) is 0 Å². The topological polar surface area (TPSA) is 50.5 Å². The first kappa shape index (κ1) is 16.0. The normalized spacial score (nSPS) is 15.1. The molecule has 2 aromatic rings. The van der Waals surface area contributed by atoms with Gasteiger partial charge < -0.3 is 19.5 Å². The van der Waals surface area contributed by atoms with E-state index in [9.17, 15) is 4.39 Å². The van der Waals surface area contributed by atoms with Crippen molar-refractivity contribution in [1.82, 2.24) is 10.5 Å². The van der Waals surface area contributed by atoms with Crippen LogP contribution in [0.25, 0.3) is 11.3 Å². The fraction of sp³-hybridized carbons (Fsp3) is 0.471. The summed E-state index contributed by atoms with van der Waals surface area (Å²) < 4.78 is 25.1. The number of aromatic nitrogens is 1. The third kappa shape index (κ3) is 3.54. The minimum absolute atomic E-state index is 0.286. The summed E-state index contributed by atoms with van der Waals surface area (Å²) in [5, 5.41) is 7.53. The highest BCUT2D eigenvalue weighted by molar-refractivity contribution is 5.68. The highest BCUT2D eigenvalue weighted by Crippen LogP contribution is 2.33. The lowest BCUT2D eigenvalue weighted by molar-refractivity contribution is 0.120. The number of hydrogen-bond donors (Lipinski definition) is 1. The van der Waals surface area contributed by atoms with Crippen molar-refractivity contribution in [1.29, 1.82) is 0 Å². The van der Waals surface area contributed by atoms with E-state index in [0.29, 0.717) is 31.0 Å². The van der Waals surface area contributed by atoms with Crippen LogP contribution in [0.5, 0.6) is 0 Å². The fourth-order valence-corrected chi connectivity index (χ4v) is 2.73. The maximum absolute atomic E-state index is 14.2. The molecule has 23 heavy (non-hydrogen) atoms. The van der Waals surface area contributed by atoms with Crippen LogP contribution in [0.4, 0.5) is 10.3 Å². The van der Waals surface area contributed by atoms with E-state index in [1.807, 2.05) is 6.07 Å². The molecular formula is C17H22FN3O2. The quantitative estimate of drug-likeness (QED) is 0.830. The number of rotatable bonds is 6. The Morgan fingerprint density at radius 2 is 2.04 bits per heavy atom. The van der Waals surface area contributed by atoms with Crippen molar-refractivity contribution in [3.05, 3.63) is 35.6 Å². The van der Waals surface area contributed by atoms with Crippen molar-refractivity contribution in [2.45, 2.75) is 19.9 Å². The third-order valence-corrected chi connectivity index (χ3v) is 3.92. The van der Waals surface area contributed by atoms with Crippen LogP contribution >= 0.6 is 0 Å². The first-order chi connectivity index (χ1) is 11.3. The molecule has 0 saturated carbocycles. The lowest BCUT2D eigenvalue weighted by Gasteiger charge is -2.26. The molecule has 0 radical (unpaired) electrons. The molecule has 1 saturated heterocycles. The van der Waals surface area contributed by atoms with Crippen molar-refractivity contribution < 1.29 is 13.7 Å². The van der Waals surface area contributed by atoms with Gasteiger partial charge in [-0.25, -0.2) is 4.39 Å². The van der Waals surface area contributed by atoms with E-state index in [-0.39, 0.29) is 5.82 Å². The molecule has 124 valence electrons. The SMILES string of the molecule is CCCNCc1c(-c2ccccc2F)noc1N1CCOCC1. The van der Waals surface area contributed by atoms with Gasteiger partial charge in [-0.15, -0.1) is 0 Å². The molecule has 1 aromatic heterocycles. The average Bonchev–Trinajstić information content (AvgIpc) is 3.00. The Morgan fingerprint density at radius 3 is 2.78 bits per heavy atom. The molecule has 3 rings (SSSR count). The molecule has 0 aliphatic carbocycles. The van der Waals surface area contributed by atoms with Gasteiger partial charge in [0.15, 0.2) is 0 Å². The van der Waals surface area contributed by atoms with E-state index < -0.39 is 0 Å². The van der Waals surface area contributed by atoms with E-state index in [4.69, 9.17) is 9.26 Å². The summed E-state index contributed by atoms with van der Waals surface area (Å²) in [5.74, 6) is 0.432. The second-order valence-electron chi connectivity index (χ2n) is 5.57. The van der Waals surface area contributed by atoms with Gasteiger partial charge in [-0.2, -0.15) is 0 Å². The van der Waals surface area contributed by atoms with Crippen LogP contribution < -0.4 is 10.2 Å². The van der Waals surface area contributed by atoms with Crippen LogP contribution in [0, 0.1) is 5.82 Å². The molecule has 1 aliphatic heterocycles. The number of hydrogen-bond acceptors (Lipinski definition) is 5. The number of benzene rings is 1. The molecule has 5 nitrogen and oxygen atoms in total. The standard InChI is InChI=1S/C17H22FN3O2/c1-2-7-19-12-14-16(13-5-3-4-6-15(13)18)20-23-17(14)21-8-10-22-11-9-21/h3-6,19H,2,7-12H2,1H3. The number of nitrogens with zero attached hydrogens (tertiary/aromatic N) is 2. The third-order valence-electron chi connectivity index (χ3n) is 3.92. The Morgan fingerprint density at radius 1 is 1.26 bits per heavy atom. The van der Waals surface area contributed by atoms with Gasteiger partial charge in [-0.05, 0) is 25.1 Å². The Labute approximate surface area is 135 Å². The van der Waals surface area contributed by atoms with E-state index in [0.717, 1.165) is 37.5 Å². The molecule has 6 heteroatoms. The number of nitrogens with one attached hydrogen (secondary N) is 1. The molecule has 1 fully saturated rings. The van der Waals surface area contributed by atoms with Gasteiger partial charge in [-0.3, -0.25) is 0 Å². The van der Waals surface area contributed by atoms with Gasteiger partial charge in [0.25, 0.3) is 0 Å². The molecule has 0 unspecified atom stereocenters. The van der Waals surface area contributed by atoms with E-state index in [2.05, 4.69) is 22.3 Å². The molecule has 2 heterocycles. The van der Waals surface area contributed by atoms with Crippen molar-refractivity contribution in [3.63, 3.8) is 0 Å². The van der Waals surface area contributed by atoms with Crippen molar-refractivity contribution in [2.24, 2.45) is 0 Å². The van der Waals surface area contributed by atoms with Gasteiger partial charge in [0.05, 0.1) is 18.8 Å². The van der Waals surface area contributed by atoms with Gasteiger partial charge in [-0.1, -0.05) is 24.2 Å².